The summed E-state index contributed by atoms with van der Waals surface area (Å²) in [5.41, 5.74) is 0.201. The van der Waals surface area contributed by atoms with Gasteiger partial charge < -0.3 is 0 Å². The molecule has 4 nitrogen and oxygen atoms in total. The third-order valence-electron chi connectivity index (χ3n) is 1.04. The normalized spacial score (nSPS) is 8.58. The largest absolute Gasteiger partial charge is 0.258 e. The summed E-state index contributed by atoms with van der Waals surface area (Å²) in [6, 6.07) is 5.11. The Labute approximate surface area is 69.8 Å². The Hall–Kier alpha value is -2.34. The quantitative estimate of drug-likeness (QED) is 0.478. The summed E-state index contributed by atoms with van der Waals surface area (Å²) in [6.07, 6.45) is 1.05. The van der Waals surface area contributed by atoms with Crippen molar-refractivity contribution in [2.45, 2.75) is 6.42 Å². The molecule has 0 spiro atoms. The van der Waals surface area contributed by atoms with Gasteiger partial charge in [-0.1, -0.05) is 0 Å². The van der Waals surface area contributed by atoms with Gasteiger partial charge in [-0.05, 0) is 5.87 Å². The molecule has 0 aromatic rings. The lowest BCUT2D eigenvalue weighted by Crippen LogP contribution is -1.83. The predicted octanol–water partition coefficient (Wildman–Crippen LogP) is 1.05. The molecule has 0 unspecified atom stereocenters. The first-order valence-corrected chi connectivity index (χ1v) is 2.96. The Kier molecular flexibility index (Phi) is 4.38. The van der Waals surface area contributed by atoms with Crippen molar-refractivity contribution in [3.05, 3.63) is 17.2 Å². The molecule has 56 valence electrons. The minimum atomic E-state index is 0.00403. The van der Waals surface area contributed by atoms with Gasteiger partial charge in [0.15, 0.2) is 0 Å². The van der Waals surface area contributed by atoms with Crippen LogP contribution in [0.1, 0.15) is 6.42 Å². The number of rotatable bonds is 2. The fraction of sp³-hybridized carbons (Fsp3) is 0.125. The van der Waals surface area contributed by atoms with Crippen molar-refractivity contribution in [2.24, 2.45) is 0 Å². The van der Waals surface area contributed by atoms with E-state index in [4.69, 9.17) is 21.2 Å². The molecule has 1 N–H and O–H groups in total. The van der Waals surface area contributed by atoms with Gasteiger partial charge in [-0.3, -0.25) is 5.41 Å². The van der Waals surface area contributed by atoms with Gasteiger partial charge in [0.2, 0.25) is 0 Å². The Bertz CT molecular complexity index is 363. The number of nitrogens with one attached hydrogen (secondary N) is 1. The van der Waals surface area contributed by atoms with Crippen LogP contribution in [0.5, 0.6) is 0 Å². The lowest BCUT2D eigenvalue weighted by atomic mass is 10.1. The number of hydrogen-bond donors (Lipinski definition) is 1. The van der Waals surface area contributed by atoms with E-state index < -0.39 is 0 Å². The molecule has 12 heavy (non-hydrogen) atoms. The van der Waals surface area contributed by atoms with Crippen molar-refractivity contribution in [3.8, 4) is 18.2 Å². The molecule has 0 bridgehead atoms. The highest BCUT2D eigenvalue weighted by molar-refractivity contribution is 5.62. The monoisotopic (exact) mass is 156 g/mol. The van der Waals surface area contributed by atoms with E-state index in [1.807, 2.05) is 5.87 Å². The highest BCUT2D eigenvalue weighted by atomic mass is 14.3. The molecule has 4 heteroatoms. The van der Waals surface area contributed by atoms with Crippen molar-refractivity contribution in [3.63, 3.8) is 0 Å². The molecule has 0 atom stereocenters. The fourth-order valence-electron chi connectivity index (χ4n) is 0.503. The molecule has 0 rings (SSSR count). The van der Waals surface area contributed by atoms with E-state index in [9.17, 15) is 0 Å². The maximum atomic E-state index is 8.42. The molecular formula is C8H4N4. The zero-order valence-corrected chi connectivity index (χ0v) is 6.13. The molecule has 0 heterocycles. The maximum Gasteiger partial charge on any atom is 0.105 e. The van der Waals surface area contributed by atoms with E-state index in [1.54, 1.807) is 18.2 Å². The smallest absolute Gasteiger partial charge is 0.105 e. The van der Waals surface area contributed by atoms with Gasteiger partial charge in [0.05, 0.1) is 17.7 Å². The Morgan fingerprint density at radius 3 is 2.25 bits per heavy atom. The van der Waals surface area contributed by atoms with E-state index in [0.717, 1.165) is 6.08 Å². The highest BCUT2D eigenvalue weighted by Crippen LogP contribution is 2.05. The van der Waals surface area contributed by atoms with E-state index in [2.05, 4.69) is 0 Å². The summed E-state index contributed by atoms with van der Waals surface area (Å²) in [4.78, 5) is 0. The summed E-state index contributed by atoms with van der Waals surface area (Å²) in [6.45, 7) is 0. The second-order valence-electron chi connectivity index (χ2n) is 1.80. The molecular weight excluding hydrogens is 152 g/mol. The van der Waals surface area contributed by atoms with Gasteiger partial charge in [-0.15, -0.1) is 0 Å². The van der Waals surface area contributed by atoms with Crippen molar-refractivity contribution in [1.29, 1.82) is 21.2 Å². The van der Waals surface area contributed by atoms with Gasteiger partial charge in [-0.2, -0.15) is 15.8 Å². The molecule has 0 saturated carbocycles. The van der Waals surface area contributed by atoms with Crippen LogP contribution in [-0.2, 0) is 0 Å². The van der Waals surface area contributed by atoms with Crippen LogP contribution in [-0.4, -0.2) is 5.87 Å². The third kappa shape index (κ3) is 2.99. The van der Waals surface area contributed by atoms with E-state index in [0.29, 0.717) is 0 Å². The molecule has 0 amide bonds. The number of allylic oxidation sites excluding steroid dienone is 3. The summed E-state index contributed by atoms with van der Waals surface area (Å²) in [7, 11) is 0. The molecule has 0 aromatic carbocycles. The summed E-state index contributed by atoms with van der Waals surface area (Å²) < 4.78 is 0. The van der Waals surface area contributed by atoms with Gasteiger partial charge in [0.25, 0.3) is 0 Å². The topological polar surface area (TPSA) is 95.2 Å². The van der Waals surface area contributed by atoms with Gasteiger partial charge in [0.1, 0.15) is 6.07 Å². The Morgan fingerprint density at radius 2 is 1.92 bits per heavy atom. The number of nitriles is 3. The van der Waals surface area contributed by atoms with Crippen molar-refractivity contribution in [2.75, 3.05) is 0 Å². The highest BCUT2D eigenvalue weighted by Gasteiger charge is 1.99. The van der Waals surface area contributed by atoms with Crippen molar-refractivity contribution in [1.82, 2.24) is 0 Å². The van der Waals surface area contributed by atoms with Crippen LogP contribution in [0.2, 0.25) is 0 Å². The Balaban J connectivity index is 4.61. The minimum Gasteiger partial charge on any atom is -0.258 e. The molecule has 0 fully saturated rings. The third-order valence-corrected chi connectivity index (χ3v) is 1.04. The van der Waals surface area contributed by atoms with E-state index in [-0.39, 0.29) is 17.6 Å². The second-order valence-corrected chi connectivity index (χ2v) is 1.80. The fourth-order valence-corrected chi connectivity index (χ4v) is 0.503. The minimum absolute atomic E-state index is 0.00403. The zero-order valence-electron chi connectivity index (χ0n) is 6.13. The second kappa shape index (κ2) is 5.45. The molecule has 0 saturated heterocycles. The lowest BCUT2D eigenvalue weighted by Gasteiger charge is -1.88. The first-order chi connectivity index (χ1) is 5.78. The first kappa shape index (κ1) is 9.66. The van der Waals surface area contributed by atoms with Crippen LogP contribution in [0.15, 0.2) is 17.2 Å². The standard InChI is InChI=1S/C8H4N4/c9-2-1-7(4-10)3-8(5-11)6-12/h1,11H,3H2. The van der Waals surface area contributed by atoms with E-state index >= 15 is 0 Å². The summed E-state index contributed by atoms with van der Waals surface area (Å²) >= 11 is 0. The predicted molar refractivity (Wildman–Crippen MR) is 40.8 cm³/mol. The first-order valence-electron chi connectivity index (χ1n) is 2.96. The molecule has 0 aliphatic rings. The Morgan fingerprint density at radius 1 is 1.25 bits per heavy atom. The van der Waals surface area contributed by atoms with Crippen LogP contribution in [0.25, 0.3) is 0 Å². The average Bonchev–Trinajstić information content (AvgIpc) is 2.12. The molecule has 0 aromatic heterocycles. The molecule has 0 aliphatic heterocycles. The van der Waals surface area contributed by atoms with Crippen LogP contribution in [0.3, 0.4) is 0 Å². The SMILES string of the molecule is N#CC=C(C#N)CC(=C=N)C#N. The average molecular weight is 156 g/mol. The number of nitrogens with zero attached hydrogens (tertiary/aromatic N) is 3. The lowest BCUT2D eigenvalue weighted by molar-refractivity contribution is 1.22. The van der Waals surface area contributed by atoms with Gasteiger partial charge in [0, 0.05) is 18.1 Å². The van der Waals surface area contributed by atoms with Crippen LogP contribution >= 0.6 is 0 Å². The van der Waals surface area contributed by atoms with Crippen molar-refractivity contribution < 1.29 is 0 Å². The molecule has 0 radical (unpaired) electrons. The van der Waals surface area contributed by atoms with Gasteiger partial charge >= 0.3 is 0 Å². The maximum absolute atomic E-state index is 8.42. The van der Waals surface area contributed by atoms with Gasteiger partial charge in [-0.25, -0.2) is 0 Å². The van der Waals surface area contributed by atoms with Crippen LogP contribution in [0.4, 0.5) is 0 Å². The summed E-state index contributed by atoms with van der Waals surface area (Å²) in [5.74, 6) is 1.88. The van der Waals surface area contributed by atoms with Crippen molar-refractivity contribution >= 4 is 5.87 Å². The van der Waals surface area contributed by atoms with Crippen LogP contribution in [0, 0.1) is 39.4 Å². The zero-order chi connectivity index (χ0) is 9.40. The molecule has 0 aliphatic carbocycles. The van der Waals surface area contributed by atoms with Crippen LogP contribution < -0.4 is 0 Å². The number of hydrogen-bond acceptors (Lipinski definition) is 4. The van der Waals surface area contributed by atoms with E-state index in [1.165, 1.54) is 0 Å². The summed E-state index contributed by atoms with van der Waals surface area (Å²) in [5, 5.41) is 31.6.